The van der Waals surface area contributed by atoms with E-state index in [1.807, 2.05) is 29.3 Å². The van der Waals surface area contributed by atoms with Crippen LogP contribution in [0.1, 0.15) is 12.8 Å². The first-order chi connectivity index (χ1) is 8.29. The molecule has 5 heteroatoms. The van der Waals surface area contributed by atoms with Crippen LogP contribution < -0.4 is 0 Å². The van der Waals surface area contributed by atoms with Crippen LogP contribution in [0.3, 0.4) is 0 Å². The third-order valence-electron chi connectivity index (χ3n) is 2.81. The van der Waals surface area contributed by atoms with E-state index in [0.717, 1.165) is 25.1 Å². The van der Waals surface area contributed by atoms with E-state index in [1.54, 1.807) is 7.11 Å². The molecular weight excluding hydrogens is 238 g/mol. The number of rotatable bonds is 4. The lowest BCUT2D eigenvalue weighted by atomic mass is 10.2. The molecule has 1 heterocycles. The summed E-state index contributed by atoms with van der Waals surface area (Å²) in [5.41, 5.74) is 0.817. The van der Waals surface area contributed by atoms with Crippen LogP contribution in [0, 0.1) is 0 Å². The van der Waals surface area contributed by atoms with E-state index in [9.17, 15) is 0 Å². The van der Waals surface area contributed by atoms with Crippen molar-refractivity contribution in [3.63, 3.8) is 0 Å². The average molecular weight is 254 g/mol. The van der Waals surface area contributed by atoms with Crippen LogP contribution in [0.25, 0.3) is 0 Å². The van der Waals surface area contributed by atoms with Gasteiger partial charge in [0.25, 0.3) is 0 Å². The lowest BCUT2D eigenvalue weighted by Gasteiger charge is -2.18. The summed E-state index contributed by atoms with van der Waals surface area (Å²) < 4.78 is 5.16. The molecule has 0 unspecified atom stereocenters. The lowest BCUT2D eigenvalue weighted by Crippen LogP contribution is -2.27. The van der Waals surface area contributed by atoms with Crippen LogP contribution in [0.5, 0.6) is 0 Å². The summed E-state index contributed by atoms with van der Waals surface area (Å²) in [7, 11) is 1.72. The average Bonchev–Trinajstić information content (AvgIpc) is 2.77. The Labute approximate surface area is 106 Å². The fourth-order valence-electron chi connectivity index (χ4n) is 1.92. The molecule has 92 valence electrons. The third kappa shape index (κ3) is 3.41. The Morgan fingerprint density at radius 3 is 2.88 bits per heavy atom. The number of benzene rings is 1. The van der Waals surface area contributed by atoms with Crippen LogP contribution in [0.2, 0.25) is 5.02 Å². The quantitative estimate of drug-likeness (QED) is 0.771. The summed E-state index contributed by atoms with van der Waals surface area (Å²) in [6, 6.07) is 7.69. The molecule has 1 fully saturated rings. The van der Waals surface area contributed by atoms with Crippen molar-refractivity contribution in [1.29, 1.82) is 0 Å². The highest BCUT2D eigenvalue weighted by Gasteiger charge is 2.23. The molecule has 0 aliphatic carbocycles. The number of hydrogen-bond acceptors (Lipinski definition) is 3. The minimum atomic E-state index is 0.357. The zero-order valence-electron chi connectivity index (χ0n) is 9.84. The Morgan fingerprint density at radius 2 is 2.18 bits per heavy atom. The van der Waals surface area contributed by atoms with Crippen LogP contribution in [0.15, 0.2) is 34.6 Å². The Morgan fingerprint density at radius 1 is 1.41 bits per heavy atom. The molecule has 1 aliphatic heterocycles. The van der Waals surface area contributed by atoms with Gasteiger partial charge in [-0.3, -0.25) is 5.01 Å². The van der Waals surface area contributed by atoms with Gasteiger partial charge in [0.15, 0.2) is 0 Å². The van der Waals surface area contributed by atoms with E-state index in [-0.39, 0.29) is 0 Å². The predicted molar refractivity (Wildman–Crippen MR) is 67.6 cm³/mol. The first-order valence-electron chi connectivity index (χ1n) is 5.72. The molecule has 0 bridgehead atoms. The second kappa shape index (κ2) is 5.98. The molecule has 17 heavy (non-hydrogen) atoms. The maximum atomic E-state index is 5.80. The number of hydrogen-bond donors (Lipinski definition) is 0. The van der Waals surface area contributed by atoms with Crippen LogP contribution >= 0.6 is 11.6 Å². The largest absolute Gasteiger partial charge is 0.382 e. The van der Waals surface area contributed by atoms with Gasteiger partial charge in [-0.15, -0.1) is 5.11 Å². The minimum absolute atomic E-state index is 0.357. The maximum absolute atomic E-state index is 5.80. The highest BCUT2D eigenvalue weighted by molar-refractivity contribution is 6.30. The van der Waals surface area contributed by atoms with Crippen LogP contribution in [-0.4, -0.2) is 31.3 Å². The van der Waals surface area contributed by atoms with Gasteiger partial charge in [-0.25, -0.2) is 0 Å². The molecule has 4 nitrogen and oxygen atoms in total. The first kappa shape index (κ1) is 12.3. The summed E-state index contributed by atoms with van der Waals surface area (Å²) in [5.74, 6) is 0. The predicted octanol–water partition coefficient (Wildman–Crippen LogP) is 3.45. The number of ether oxygens (including phenoxy) is 1. The molecular formula is C12H16ClN3O. The van der Waals surface area contributed by atoms with E-state index in [2.05, 4.69) is 10.3 Å². The van der Waals surface area contributed by atoms with Crippen molar-refractivity contribution in [2.45, 2.75) is 18.9 Å². The van der Waals surface area contributed by atoms with Gasteiger partial charge in [0.2, 0.25) is 0 Å². The summed E-state index contributed by atoms with van der Waals surface area (Å²) in [5, 5.41) is 11.2. The fraction of sp³-hybridized carbons (Fsp3) is 0.500. The Balaban J connectivity index is 1.97. The molecule has 0 saturated carbocycles. The van der Waals surface area contributed by atoms with Gasteiger partial charge < -0.3 is 4.74 Å². The smallest absolute Gasteiger partial charge is 0.0875 e. The third-order valence-corrected chi connectivity index (χ3v) is 3.06. The fourth-order valence-corrected chi connectivity index (χ4v) is 2.04. The summed E-state index contributed by atoms with van der Waals surface area (Å²) in [6.07, 6.45) is 2.27. The van der Waals surface area contributed by atoms with Crippen LogP contribution in [0.4, 0.5) is 5.69 Å². The van der Waals surface area contributed by atoms with Gasteiger partial charge in [0, 0.05) is 18.7 Å². The molecule has 0 N–H and O–H groups in total. The zero-order chi connectivity index (χ0) is 12.1. The van der Waals surface area contributed by atoms with E-state index < -0.39 is 0 Å². The van der Waals surface area contributed by atoms with Gasteiger partial charge in [-0.05, 0) is 37.1 Å². The second-order valence-electron chi connectivity index (χ2n) is 4.08. The normalized spacial score (nSPS) is 20.4. The van der Waals surface area contributed by atoms with E-state index in [4.69, 9.17) is 16.3 Å². The Bertz CT molecular complexity index is 380. The van der Waals surface area contributed by atoms with E-state index >= 15 is 0 Å². The van der Waals surface area contributed by atoms with Gasteiger partial charge >= 0.3 is 0 Å². The van der Waals surface area contributed by atoms with E-state index in [1.165, 1.54) is 0 Å². The molecule has 0 spiro atoms. The minimum Gasteiger partial charge on any atom is -0.382 e. The van der Waals surface area contributed by atoms with Crippen molar-refractivity contribution < 1.29 is 4.74 Å². The SMILES string of the molecule is COC[C@@H]1CCCN1N=Nc1ccc(Cl)cc1. The van der Waals surface area contributed by atoms with Crippen molar-refractivity contribution in [3.8, 4) is 0 Å². The molecule has 2 rings (SSSR count). The molecule has 0 amide bonds. The number of halogens is 1. The standard InChI is InChI=1S/C12H16ClN3O/c1-17-9-12-3-2-8-16(12)15-14-11-6-4-10(13)5-7-11/h4-7,12H,2-3,8-9H2,1H3/t12-/m0/s1. The molecule has 1 aromatic rings. The highest BCUT2D eigenvalue weighted by Crippen LogP contribution is 2.21. The van der Waals surface area contributed by atoms with Crippen molar-refractivity contribution >= 4 is 17.3 Å². The molecule has 0 aromatic heterocycles. The van der Waals surface area contributed by atoms with Crippen LogP contribution in [-0.2, 0) is 4.74 Å². The monoisotopic (exact) mass is 253 g/mol. The molecule has 1 aliphatic rings. The zero-order valence-corrected chi connectivity index (χ0v) is 10.6. The number of methoxy groups -OCH3 is 1. The Kier molecular flexibility index (Phi) is 4.34. The van der Waals surface area contributed by atoms with Gasteiger partial charge in [-0.2, -0.15) is 0 Å². The number of nitrogens with zero attached hydrogens (tertiary/aromatic N) is 3. The molecule has 0 radical (unpaired) electrons. The van der Waals surface area contributed by atoms with Gasteiger partial charge in [-0.1, -0.05) is 16.8 Å². The van der Waals surface area contributed by atoms with Crippen molar-refractivity contribution in [2.75, 3.05) is 20.3 Å². The molecule has 1 atom stereocenters. The van der Waals surface area contributed by atoms with Gasteiger partial charge in [0.05, 0.1) is 18.3 Å². The van der Waals surface area contributed by atoms with Crippen molar-refractivity contribution in [3.05, 3.63) is 29.3 Å². The van der Waals surface area contributed by atoms with Crippen molar-refractivity contribution in [2.24, 2.45) is 10.3 Å². The van der Waals surface area contributed by atoms with E-state index in [0.29, 0.717) is 17.7 Å². The first-order valence-corrected chi connectivity index (χ1v) is 6.10. The summed E-state index contributed by atoms with van der Waals surface area (Å²) >= 11 is 5.80. The topological polar surface area (TPSA) is 37.2 Å². The maximum Gasteiger partial charge on any atom is 0.0875 e. The lowest BCUT2D eigenvalue weighted by molar-refractivity contribution is 0.113. The molecule has 1 saturated heterocycles. The van der Waals surface area contributed by atoms with Crippen molar-refractivity contribution in [1.82, 2.24) is 5.01 Å². The van der Waals surface area contributed by atoms with Gasteiger partial charge in [0.1, 0.15) is 0 Å². The molecule has 1 aromatic carbocycles. The highest BCUT2D eigenvalue weighted by atomic mass is 35.5. The summed E-state index contributed by atoms with van der Waals surface area (Å²) in [6.45, 7) is 1.66. The Hall–Kier alpha value is -1.13. The second-order valence-corrected chi connectivity index (χ2v) is 4.52. The summed E-state index contributed by atoms with van der Waals surface area (Å²) in [4.78, 5) is 0.